The molecule has 0 aliphatic carbocycles. The van der Waals surface area contributed by atoms with Crippen LogP contribution in [0.1, 0.15) is 25.0 Å². The number of amidine groups is 1. The lowest BCUT2D eigenvalue weighted by atomic mass is 9.92. The number of aromatic hydroxyl groups is 1. The lowest BCUT2D eigenvalue weighted by Gasteiger charge is -2.40. The van der Waals surface area contributed by atoms with E-state index in [-0.39, 0.29) is 22.7 Å². The highest BCUT2D eigenvalue weighted by atomic mass is 32.2. The first-order valence-corrected chi connectivity index (χ1v) is 9.48. The minimum absolute atomic E-state index is 0.0524. The van der Waals surface area contributed by atoms with Crippen LogP contribution in [0.25, 0.3) is 0 Å². The van der Waals surface area contributed by atoms with Crippen molar-refractivity contribution >= 4 is 15.7 Å². The van der Waals surface area contributed by atoms with Gasteiger partial charge in [-0.2, -0.15) is 0 Å². The van der Waals surface area contributed by atoms with Gasteiger partial charge in [0.25, 0.3) is 0 Å². The number of phenolic OH excluding ortho intramolecular Hbond substituents is 1. The number of nitrogens with zero attached hydrogens (tertiary/aromatic N) is 1. The van der Waals surface area contributed by atoms with Gasteiger partial charge in [0.05, 0.1) is 5.75 Å². The molecule has 0 amide bonds. The lowest BCUT2D eigenvalue weighted by Crippen LogP contribution is -2.54. The van der Waals surface area contributed by atoms with Crippen LogP contribution >= 0.6 is 0 Å². The van der Waals surface area contributed by atoms with Crippen LogP contribution in [0.5, 0.6) is 5.75 Å². The molecule has 0 bridgehead atoms. The first-order chi connectivity index (χ1) is 12.0. The summed E-state index contributed by atoms with van der Waals surface area (Å²) in [5.41, 5.74) is 4.78. The molecule has 1 heterocycles. The Morgan fingerprint density at radius 2 is 1.85 bits per heavy atom. The standard InChI is InChI=1S/C18H18F2N2O3S/c1-17(14-7-6-12(19)9-15(14)20)10-26(24,25)18(2,16(21)22-17)11-4-3-5-13(23)8-11/h3-9,23H,10H2,1-2H3,(H2,21,22). The third-order valence-corrected chi connectivity index (χ3v) is 7.49. The van der Waals surface area contributed by atoms with Crippen molar-refractivity contribution in [3.8, 4) is 5.75 Å². The van der Waals surface area contributed by atoms with Gasteiger partial charge in [0, 0.05) is 11.6 Å². The summed E-state index contributed by atoms with van der Waals surface area (Å²) in [6, 6.07) is 8.66. The molecule has 3 N–H and O–H groups in total. The van der Waals surface area contributed by atoms with Crippen molar-refractivity contribution < 1.29 is 22.3 Å². The van der Waals surface area contributed by atoms with Gasteiger partial charge in [0.2, 0.25) is 0 Å². The average Bonchev–Trinajstić information content (AvgIpc) is 2.51. The van der Waals surface area contributed by atoms with Crippen molar-refractivity contribution in [2.45, 2.75) is 24.1 Å². The number of aliphatic imine (C=N–C) groups is 1. The predicted octanol–water partition coefficient (Wildman–Crippen LogP) is 2.59. The maximum absolute atomic E-state index is 14.2. The summed E-state index contributed by atoms with van der Waals surface area (Å²) in [7, 11) is -3.95. The highest BCUT2D eigenvalue weighted by Gasteiger charge is 2.53. The number of hydrogen-bond acceptors (Lipinski definition) is 5. The number of rotatable bonds is 2. The molecule has 0 saturated carbocycles. The molecule has 2 unspecified atom stereocenters. The van der Waals surface area contributed by atoms with E-state index in [4.69, 9.17) is 5.73 Å². The number of phenols is 1. The molecule has 1 aliphatic rings. The second kappa shape index (κ2) is 5.77. The van der Waals surface area contributed by atoms with Crippen LogP contribution < -0.4 is 5.73 Å². The lowest BCUT2D eigenvalue weighted by molar-refractivity contribution is 0.466. The zero-order valence-corrected chi connectivity index (χ0v) is 15.0. The Morgan fingerprint density at radius 1 is 1.15 bits per heavy atom. The maximum Gasteiger partial charge on any atom is 0.169 e. The maximum atomic E-state index is 14.2. The van der Waals surface area contributed by atoms with Crippen LogP contribution in [-0.4, -0.2) is 25.1 Å². The van der Waals surface area contributed by atoms with E-state index in [0.29, 0.717) is 6.07 Å². The second-order valence-electron chi connectivity index (χ2n) is 6.74. The summed E-state index contributed by atoms with van der Waals surface area (Å²) >= 11 is 0. The number of sulfone groups is 1. The topological polar surface area (TPSA) is 92.8 Å². The average molecular weight is 380 g/mol. The summed E-state index contributed by atoms with van der Waals surface area (Å²) in [5.74, 6) is -2.50. The molecule has 2 aromatic rings. The molecule has 26 heavy (non-hydrogen) atoms. The number of benzene rings is 2. The Balaban J connectivity index is 2.22. The zero-order valence-electron chi connectivity index (χ0n) is 14.2. The Morgan fingerprint density at radius 3 is 2.42 bits per heavy atom. The van der Waals surface area contributed by atoms with E-state index in [1.54, 1.807) is 0 Å². The molecule has 138 valence electrons. The molecular weight excluding hydrogens is 362 g/mol. The smallest absolute Gasteiger partial charge is 0.169 e. The van der Waals surface area contributed by atoms with Crippen LogP contribution in [0.15, 0.2) is 47.5 Å². The fraction of sp³-hybridized carbons (Fsp3) is 0.278. The molecule has 5 nitrogen and oxygen atoms in total. The highest BCUT2D eigenvalue weighted by molar-refractivity contribution is 7.93. The van der Waals surface area contributed by atoms with Gasteiger partial charge in [-0.3, -0.25) is 4.99 Å². The first kappa shape index (κ1) is 18.3. The van der Waals surface area contributed by atoms with E-state index < -0.39 is 37.5 Å². The third kappa shape index (κ3) is 2.65. The molecule has 0 radical (unpaired) electrons. The minimum Gasteiger partial charge on any atom is -0.508 e. The largest absolute Gasteiger partial charge is 0.508 e. The van der Waals surface area contributed by atoms with Gasteiger partial charge >= 0.3 is 0 Å². The van der Waals surface area contributed by atoms with Crippen LogP contribution in [0.2, 0.25) is 0 Å². The molecule has 2 atom stereocenters. The van der Waals surface area contributed by atoms with Crippen molar-refractivity contribution in [1.82, 2.24) is 0 Å². The SMILES string of the molecule is CC1(c2ccc(F)cc2F)CS(=O)(=O)C(C)(c2cccc(O)c2)C(N)=N1. The van der Waals surface area contributed by atoms with Crippen molar-refractivity contribution in [2.75, 3.05) is 5.75 Å². The van der Waals surface area contributed by atoms with Gasteiger partial charge in [-0.05, 0) is 37.6 Å². The summed E-state index contributed by atoms with van der Waals surface area (Å²) in [5, 5.41) is 9.70. The minimum atomic E-state index is -3.95. The van der Waals surface area contributed by atoms with Crippen molar-refractivity contribution in [3.63, 3.8) is 0 Å². The number of nitrogens with two attached hydrogens (primary N) is 1. The van der Waals surface area contributed by atoms with E-state index in [1.807, 2.05) is 0 Å². The van der Waals surface area contributed by atoms with E-state index >= 15 is 0 Å². The second-order valence-corrected chi connectivity index (χ2v) is 9.07. The van der Waals surface area contributed by atoms with E-state index in [2.05, 4.69) is 4.99 Å². The van der Waals surface area contributed by atoms with E-state index in [1.165, 1.54) is 44.2 Å². The molecule has 0 aromatic heterocycles. The Kier molecular flexibility index (Phi) is 4.06. The highest BCUT2D eigenvalue weighted by Crippen LogP contribution is 2.43. The number of halogens is 2. The van der Waals surface area contributed by atoms with Crippen LogP contribution in [-0.2, 0) is 20.1 Å². The van der Waals surface area contributed by atoms with Gasteiger partial charge in [-0.15, -0.1) is 0 Å². The molecule has 1 aliphatic heterocycles. The molecule has 2 aromatic carbocycles. The molecule has 8 heteroatoms. The van der Waals surface area contributed by atoms with Crippen molar-refractivity contribution in [2.24, 2.45) is 10.7 Å². The van der Waals surface area contributed by atoms with Crippen molar-refractivity contribution in [3.05, 3.63) is 65.2 Å². The predicted molar refractivity (Wildman–Crippen MR) is 94.6 cm³/mol. The molecule has 0 spiro atoms. The molecule has 3 rings (SSSR count). The summed E-state index contributed by atoms with van der Waals surface area (Å²) < 4.78 is 52.1. The third-order valence-electron chi connectivity index (χ3n) is 4.86. The fourth-order valence-corrected chi connectivity index (χ4v) is 5.37. The van der Waals surface area contributed by atoms with Gasteiger partial charge in [-0.25, -0.2) is 17.2 Å². The van der Waals surface area contributed by atoms with Crippen LogP contribution in [0.3, 0.4) is 0 Å². The molecular formula is C18H18F2N2O3S. The summed E-state index contributed by atoms with van der Waals surface area (Å²) in [6.07, 6.45) is 0. The number of hydrogen-bond donors (Lipinski definition) is 2. The Bertz CT molecular complexity index is 1020. The summed E-state index contributed by atoms with van der Waals surface area (Å²) in [4.78, 5) is 4.30. The van der Waals surface area contributed by atoms with E-state index in [9.17, 15) is 22.3 Å². The molecule has 0 fully saturated rings. The van der Waals surface area contributed by atoms with Gasteiger partial charge in [-0.1, -0.05) is 18.2 Å². The normalized spacial score (nSPS) is 27.8. The van der Waals surface area contributed by atoms with Gasteiger partial charge in [0.1, 0.15) is 28.8 Å². The summed E-state index contributed by atoms with van der Waals surface area (Å²) in [6.45, 7) is 2.84. The zero-order chi connectivity index (χ0) is 19.3. The van der Waals surface area contributed by atoms with Gasteiger partial charge < -0.3 is 10.8 Å². The Hall–Kier alpha value is -2.48. The Labute approximate surface area is 150 Å². The van der Waals surface area contributed by atoms with Crippen LogP contribution in [0, 0.1) is 11.6 Å². The quantitative estimate of drug-likeness (QED) is 0.838. The van der Waals surface area contributed by atoms with Gasteiger partial charge in [0.15, 0.2) is 14.6 Å². The monoisotopic (exact) mass is 380 g/mol. The van der Waals surface area contributed by atoms with E-state index in [0.717, 1.165) is 6.07 Å². The van der Waals surface area contributed by atoms with Crippen molar-refractivity contribution in [1.29, 1.82) is 0 Å². The van der Waals surface area contributed by atoms with Crippen LogP contribution in [0.4, 0.5) is 8.78 Å². The first-order valence-electron chi connectivity index (χ1n) is 7.83. The fourth-order valence-electron chi connectivity index (χ4n) is 3.27. The molecule has 0 saturated heterocycles.